The number of rotatable bonds is 3. The van der Waals surface area contributed by atoms with Gasteiger partial charge in [0.1, 0.15) is 11.3 Å². The van der Waals surface area contributed by atoms with E-state index in [1.165, 1.54) is 24.1 Å². The number of amides is 1. The summed E-state index contributed by atoms with van der Waals surface area (Å²) in [5, 5.41) is 8.14. The molecule has 1 aliphatic rings. The maximum atomic E-state index is 14.1. The molecule has 5 nitrogen and oxygen atoms in total. The maximum absolute atomic E-state index is 14.1. The quantitative estimate of drug-likeness (QED) is 0.761. The fourth-order valence-corrected chi connectivity index (χ4v) is 3.71. The summed E-state index contributed by atoms with van der Waals surface area (Å²) >= 11 is 0. The molecule has 26 heavy (non-hydrogen) atoms. The molecular weight excluding hydrogens is 331 g/mol. The van der Waals surface area contributed by atoms with Crippen LogP contribution in [0.25, 0.3) is 16.6 Å². The summed E-state index contributed by atoms with van der Waals surface area (Å²) in [5.74, 6) is 0.132. The third kappa shape index (κ3) is 2.97. The van der Waals surface area contributed by atoms with Crippen LogP contribution in [0, 0.1) is 11.7 Å². The Bertz CT molecular complexity index is 964. The molecule has 3 N–H and O–H groups in total. The van der Waals surface area contributed by atoms with Crippen molar-refractivity contribution in [2.75, 3.05) is 13.1 Å². The minimum Gasteiger partial charge on any atom is -0.366 e. The first-order chi connectivity index (χ1) is 12.5. The van der Waals surface area contributed by atoms with Gasteiger partial charge in [0.25, 0.3) is 5.91 Å². The number of carbonyl (C=O) groups is 1. The smallest absolute Gasteiger partial charge is 0.250 e. The number of nitrogens with two attached hydrogens (primary N) is 1. The van der Waals surface area contributed by atoms with Crippen LogP contribution in [-0.4, -0.2) is 28.8 Å². The topological polar surface area (TPSA) is 72.9 Å². The summed E-state index contributed by atoms with van der Waals surface area (Å²) in [6.45, 7) is 4.32. The molecule has 4 rings (SSSR count). The Labute approximate surface area is 151 Å². The van der Waals surface area contributed by atoms with Crippen molar-refractivity contribution in [3.05, 3.63) is 59.5 Å². The number of nitrogens with one attached hydrogen (secondary N) is 1. The average molecular weight is 352 g/mol. The fourth-order valence-electron chi connectivity index (χ4n) is 3.71. The average Bonchev–Trinajstić information content (AvgIpc) is 3.08. The molecule has 2 atom stereocenters. The first-order valence-electron chi connectivity index (χ1n) is 8.81. The zero-order valence-electron chi connectivity index (χ0n) is 14.6. The SMILES string of the molecule is C[C@@H]1CNC[C@H](c2ccc(-n3cc4c(F)ccc(C(N)=O)c4n3)cc2)C1. The lowest BCUT2D eigenvalue weighted by Gasteiger charge is -2.28. The van der Waals surface area contributed by atoms with Gasteiger partial charge in [0, 0.05) is 12.7 Å². The second-order valence-electron chi connectivity index (χ2n) is 7.08. The summed E-state index contributed by atoms with van der Waals surface area (Å²) in [4.78, 5) is 11.6. The molecule has 1 amide bonds. The van der Waals surface area contributed by atoms with Crippen LogP contribution in [-0.2, 0) is 0 Å². The molecule has 2 heterocycles. The maximum Gasteiger partial charge on any atom is 0.250 e. The lowest BCUT2D eigenvalue weighted by atomic mass is 9.86. The zero-order valence-corrected chi connectivity index (χ0v) is 14.6. The second-order valence-corrected chi connectivity index (χ2v) is 7.08. The van der Waals surface area contributed by atoms with Crippen LogP contribution in [0.3, 0.4) is 0 Å². The summed E-state index contributed by atoms with van der Waals surface area (Å²) in [7, 11) is 0. The molecule has 0 unspecified atom stereocenters. The Balaban J connectivity index is 1.68. The fraction of sp³-hybridized carbons (Fsp3) is 0.300. The number of hydrogen-bond acceptors (Lipinski definition) is 3. The molecular formula is C20H21FN4O. The lowest BCUT2D eigenvalue weighted by molar-refractivity contribution is 0.100. The number of aromatic nitrogens is 2. The van der Waals surface area contributed by atoms with Crippen LogP contribution in [0.15, 0.2) is 42.6 Å². The number of hydrogen-bond donors (Lipinski definition) is 2. The molecule has 1 aliphatic heterocycles. The van der Waals surface area contributed by atoms with Crippen molar-refractivity contribution in [3.63, 3.8) is 0 Å². The van der Waals surface area contributed by atoms with Gasteiger partial charge in [0.2, 0.25) is 0 Å². The van der Waals surface area contributed by atoms with Gasteiger partial charge in [-0.15, -0.1) is 0 Å². The van der Waals surface area contributed by atoms with E-state index in [1.807, 2.05) is 12.1 Å². The highest BCUT2D eigenvalue weighted by Crippen LogP contribution is 2.28. The zero-order chi connectivity index (χ0) is 18.3. The van der Waals surface area contributed by atoms with Gasteiger partial charge >= 0.3 is 0 Å². The number of piperidine rings is 1. The van der Waals surface area contributed by atoms with Crippen LogP contribution in [0.2, 0.25) is 0 Å². The molecule has 1 aromatic heterocycles. The number of nitrogens with zero attached hydrogens (tertiary/aromatic N) is 2. The molecule has 1 saturated heterocycles. The van der Waals surface area contributed by atoms with Crippen LogP contribution in [0.1, 0.15) is 35.2 Å². The summed E-state index contributed by atoms with van der Waals surface area (Å²) in [6.07, 6.45) is 2.77. The van der Waals surface area contributed by atoms with Gasteiger partial charge in [-0.2, -0.15) is 5.10 Å². The van der Waals surface area contributed by atoms with E-state index in [0.717, 1.165) is 18.8 Å². The number of primary amides is 1. The van der Waals surface area contributed by atoms with E-state index in [1.54, 1.807) is 10.9 Å². The molecule has 134 valence electrons. The normalized spacial score (nSPS) is 20.4. The highest BCUT2D eigenvalue weighted by atomic mass is 19.1. The van der Waals surface area contributed by atoms with E-state index in [2.05, 4.69) is 29.5 Å². The second kappa shape index (κ2) is 6.53. The van der Waals surface area contributed by atoms with Gasteiger partial charge in [0.05, 0.1) is 16.6 Å². The minimum absolute atomic E-state index is 0.221. The van der Waals surface area contributed by atoms with Gasteiger partial charge in [-0.05, 0) is 54.6 Å². The predicted octanol–water partition coefficient (Wildman–Crippen LogP) is 2.98. The van der Waals surface area contributed by atoms with Gasteiger partial charge in [-0.25, -0.2) is 9.07 Å². The molecule has 3 aromatic rings. The Morgan fingerprint density at radius 2 is 2.00 bits per heavy atom. The summed E-state index contributed by atoms with van der Waals surface area (Å²) in [5.41, 5.74) is 7.98. The van der Waals surface area contributed by atoms with Gasteiger partial charge in [0.15, 0.2) is 0 Å². The molecule has 1 fully saturated rings. The van der Waals surface area contributed by atoms with E-state index in [0.29, 0.717) is 11.8 Å². The largest absolute Gasteiger partial charge is 0.366 e. The molecule has 0 spiro atoms. The van der Waals surface area contributed by atoms with E-state index in [9.17, 15) is 9.18 Å². The first-order valence-corrected chi connectivity index (χ1v) is 8.81. The third-order valence-electron chi connectivity index (χ3n) is 5.09. The van der Waals surface area contributed by atoms with Gasteiger partial charge in [-0.3, -0.25) is 4.79 Å². The van der Waals surface area contributed by atoms with E-state index in [4.69, 9.17) is 5.73 Å². The minimum atomic E-state index is -0.616. The molecule has 2 aromatic carbocycles. The van der Waals surface area contributed by atoms with Crippen molar-refractivity contribution < 1.29 is 9.18 Å². The van der Waals surface area contributed by atoms with Crippen molar-refractivity contribution in [3.8, 4) is 5.69 Å². The van der Waals surface area contributed by atoms with Crippen LogP contribution in [0.5, 0.6) is 0 Å². The van der Waals surface area contributed by atoms with E-state index < -0.39 is 11.7 Å². The van der Waals surface area contributed by atoms with Crippen molar-refractivity contribution >= 4 is 16.8 Å². The van der Waals surface area contributed by atoms with E-state index >= 15 is 0 Å². The number of halogens is 1. The van der Waals surface area contributed by atoms with Crippen molar-refractivity contribution in [2.24, 2.45) is 11.7 Å². The van der Waals surface area contributed by atoms with Crippen LogP contribution >= 0.6 is 0 Å². The van der Waals surface area contributed by atoms with Gasteiger partial charge in [-0.1, -0.05) is 19.1 Å². The van der Waals surface area contributed by atoms with Gasteiger partial charge < -0.3 is 11.1 Å². The predicted molar refractivity (Wildman–Crippen MR) is 98.9 cm³/mol. The lowest BCUT2D eigenvalue weighted by Crippen LogP contribution is -2.33. The molecule has 0 saturated carbocycles. The van der Waals surface area contributed by atoms with E-state index in [-0.39, 0.29) is 16.5 Å². The Hall–Kier alpha value is -2.73. The molecule has 0 bridgehead atoms. The highest BCUT2D eigenvalue weighted by Gasteiger charge is 2.20. The van der Waals surface area contributed by atoms with Crippen molar-refractivity contribution in [2.45, 2.75) is 19.3 Å². The van der Waals surface area contributed by atoms with Crippen LogP contribution in [0.4, 0.5) is 4.39 Å². The molecule has 6 heteroatoms. The summed E-state index contributed by atoms with van der Waals surface area (Å²) < 4.78 is 15.7. The summed E-state index contributed by atoms with van der Waals surface area (Å²) in [6, 6.07) is 10.8. The third-order valence-corrected chi connectivity index (χ3v) is 5.09. The van der Waals surface area contributed by atoms with Crippen molar-refractivity contribution in [1.82, 2.24) is 15.1 Å². The van der Waals surface area contributed by atoms with Crippen LogP contribution < -0.4 is 11.1 Å². The Morgan fingerprint density at radius 3 is 2.69 bits per heavy atom. The molecule has 0 aliphatic carbocycles. The first kappa shape index (κ1) is 16.7. The molecule has 0 radical (unpaired) electrons. The highest BCUT2D eigenvalue weighted by molar-refractivity contribution is 6.04. The number of benzene rings is 2. The Kier molecular flexibility index (Phi) is 4.20. The number of fused-ring (bicyclic) bond motifs is 1. The monoisotopic (exact) mass is 352 g/mol. The number of carbonyl (C=O) groups excluding carboxylic acids is 1. The standard InChI is InChI=1S/C20H21FN4O/c1-12-8-14(10-23-9-12)13-2-4-15(5-3-13)25-11-17-18(21)7-6-16(20(22)26)19(17)24-25/h2-7,11-12,14,23H,8-10H2,1H3,(H2,22,26)/t12-,14+/m0/s1. The van der Waals surface area contributed by atoms with Crippen molar-refractivity contribution in [1.29, 1.82) is 0 Å². The Morgan fingerprint density at radius 1 is 1.23 bits per heavy atom.